The molecule has 0 saturated carbocycles. The van der Waals surface area contributed by atoms with Crippen LogP contribution in [0.15, 0.2) is 42.6 Å². The molecule has 0 spiro atoms. The smallest absolute Gasteiger partial charge is 0.408 e. The summed E-state index contributed by atoms with van der Waals surface area (Å²) in [5.74, 6) is -1.75. The van der Waals surface area contributed by atoms with Gasteiger partial charge in [0.05, 0.1) is 28.5 Å². The standard InChI is InChI=1S/C24H26FN5O4/c1-13(27-23(33)34-24(3,4)5)21-20(18-8-6-7-11-26-18)19(22(32)30-29-14(2)31)16-12-15(25)9-10-17(16)28-21/h6-13H,1-5H3,(H,27,33)(H,29,31)(H,30,32). The monoisotopic (exact) mass is 467 g/mol. The normalized spacial score (nSPS) is 12.1. The van der Waals surface area contributed by atoms with Gasteiger partial charge in [-0.15, -0.1) is 0 Å². The number of pyridine rings is 2. The number of hydrazine groups is 1. The van der Waals surface area contributed by atoms with Crippen molar-refractivity contribution in [2.75, 3.05) is 0 Å². The lowest BCUT2D eigenvalue weighted by atomic mass is 9.94. The van der Waals surface area contributed by atoms with Crippen molar-refractivity contribution < 1.29 is 23.5 Å². The Morgan fingerprint density at radius 1 is 1.09 bits per heavy atom. The third kappa shape index (κ3) is 5.83. The predicted molar refractivity (Wildman–Crippen MR) is 124 cm³/mol. The molecule has 178 valence electrons. The van der Waals surface area contributed by atoms with E-state index < -0.39 is 35.4 Å². The van der Waals surface area contributed by atoms with Crippen molar-refractivity contribution in [3.8, 4) is 11.3 Å². The number of rotatable bonds is 4. The summed E-state index contributed by atoms with van der Waals surface area (Å²) in [6, 6.07) is 8.23. The first-order valence-corrected chi connectivity index (χ1v) is 10.6. The van der Waals surface area contributed by atoms with E-state index in [0.717, 1.165) is 0 Å². The molecule has 1 aromatic carbocycles. The molecule has 0 aliphatic rings. The highest BCUT2D eigenvalue weighted by Crippen LogP contribution is 2.34. The van der Waals surface area contributed by atoms with Gasteiger partial charge in [-0.3, -0.25) is 25.4 Å². The summed E-state index contributed by atoms with van der Waals surface area (Å²) in [5, 5.41) is 2.95. The van der Waals surface area contributed by atoms with E-state index in [-0.39, 0.29) is 16.5 Å². The Morgan fingerprint density at radius 2 is 1.82 bits per heavy atom. The van der Waals surface area contributed by atoms with Crippen LogP contribution in [-0.2, 0) is 9.53 Å². The number of carbonyl (C=O) groups excluding carboxylic acids is 3. The molecule has 2 heterocycles. The fourth-order valence-electron chi connectivity index (χ4n) is 3.33. The quantitative estimate of drug-likeness (QED) is 0.502. The second-order valence-electron chi connectivity index (χ2n) is 8.63. The first kappa shape index (κ1) is 24.6. The Balaban J connectivity index is 2.25. The molecule has 3 N–H and O–H groups in total. The second kappa shape index (κ2) is 9.82. The summed E-state index contributed by atoms with van der Waals surface area (Å²) in [5.41, 5.74) is 5.20. The summed E-state index contributed by atoms with van der Waals surface area (Å²) >= 11 is 0. The molecule has 1 unspecified atom stereocenters. The molecule has 0 fully saturated rings. The second-order valence-corrected chi connectivity index (χ2v) is 8.63. The number of aromatic nitrogens is 2. The first-order valence-electron chi connectivity index (χ1n) is 10.6. The van der Waals surface area contributed by atoms with Crippen molar-refractivity contribution in [2.45, 2.75) is 46.3 Å². The highest BCUT2D eigenvalue weighted by Gasteiger charge is 2.27. The fraction of sp³-hybridized carbons (Fsp3) is 0.292. The van der Waals surface area contributed by atoms with Gasteiger partial charge in [0.1, 0.15) is 11.4 Å². The molecule has 9 nitrogen and oxygen atoms in total. The van der Waals surface area contributed by atoms with Crippen LogP contribution >= 0.6 is 0 Å². The van der Waals surface area contributed by atoms with Gasteiger partial charge in [-0.25, -0.2) is 14.2 Å². The highest BCUT2D eigenvalue weighted by atomic mass is 19.1. The van der Waals surface area contributed by atoms with Crippen LogP contribution in [0.3, 0.4) is 0 Å². The summed E-state index contributed by atoms with van der Waals surface area (Å²) in [6.07, 6.45) is 0.869. The molecule has 3 rings (SSSR count). The van der Waals surface area contributed by atoms with Gasteiger partial charge in [-0.2, -0.15) is 0 Å². The molecular formula is C24H26FN5O4. The Morgan fingerprint density at radius 3 is 2.44 bits per heavy atom. The van der Waals surface area contributed by atoms with Crippen LogP contribution < -0.4 is 16.2 Å². The molecular weight excluding hydrogens is 441 g/mol. The maximum Gasteiger partial charge on any atom is 0.408 e. The topological polar surface area (TPSA) is 122 Å². The number of alkyl carbamates (subject to hydrolysis) is 1. The molecule has 10 heteroatoms. The minimum absolute atomic E-state index is 0.0461. The van der Waals surface area contributed by atoms with Crippen molar-refractivity contribution in [1.29, 1.82) is 0 Å². The molecule has 34 heavy (non-hydrogen) atoms. The van der Waals surface area contributed by atoms with E-state index in [2.05, 4.69) is 26.1 Å². The SMILES string of the molecule is CC(=O)NNC(=O)c1c(-c2ccccn2)c(C(C)NC(=O)OC(C)(C)C)nc2ccc(F)cc12. The molecule has 0 aliphatic heterocycles. The van der Waals surface area contributed by atoms with E-state index in [1.54, 1.807) is 45.9 Å². The summed E-state index contributed by atoms with van der Waals surface area (Å²) in [6.45, 7) is 8.14. The van der Waals surface area contributed by atoms with Crippen molar-refractivity contribution in [3.05, 3.63) is 59.7 Å². The number of amides is 3. The largest absolute Gasteiger partial charge is 0.444 e. The molecule has 0 saturated heterocycles. The van der Waals surface area contributed by atoms with Crippen molar-refractivity contribution in [3.63, 3.8) is 0 Å². The van der Waals surface area contributed by atoms with E-state index >= 15 is 0 Å². The van der Waals surface area contributed by atoms with E-state index in [1.165, 1.54) is 31.3 Å². The van der Waals surface area contributed by atoms with Crippen LogP contribution in [0.5, 0.6) is 0 Å². The Hall–Kier alpha value is -4.08. The molecule has 1 atom stereocenters. The average Bonchev–Trinajstić information content (AvgIpc) is 2.75. The number of ether oxygens (including phenoxy) is 1. The molecule has 3 amide bonds. The van der Waals surface area contributed by atoms with Crippen LogP contribution in [0.25, 0.3) is 22.2 Å². The maximum absolute atomic E-state index is 14.2. The zero-order valence-corrected chi connectivity index (χ0v) is 19.5. The van der Waals surface area contributed by atoms with Gasteiger partial charge in [0.2, 0.25) is 5.91 Å². The van der Waals surface area contributed by atoms with Gasteiger partial charge >= 0.3 is 6.09 Å². The van der Waals surface area contributed by atoms with Gasteiger partial charge in [-0.1, -0.05) is 6.07 Å². The lowest BCUT2D eigenvalue weighted by Crippen LogP contribution is -2.41. The third-order valence-corrected chi connectivity index (χ3v) is 4.62. The van der Waals surface area contributed by atoms with E-state index in [4.69, 9.17) is 4.74 Å². The molecule has 3 aromatic rings. The minimum Gasteiger partial charge on any atom is -0.444 e. The Bertz CT molecular complexity index is 1240. The molecule has 0 bridgehead atoms. The number of halogens is 1. The first-order chi connectivity index (χ1) is 16.0. The lowest BCUT2D eigenvalue weighted by Gasteiger charge is -2.24. The van der Waals surface area contributed by atoms with E-state index in [1.807, 2.05) is 0 Å². The minimum atomic E-state index is -0.717. The lowest BCUT2D eigenvalue weighted by molar-refractivity contribution is -0.119. The highest BCUT2D eigenvalue weighted by molar-refractivity contribution is 6.12. The summed E-state index contributed by atoms with van der Waals surface area (Å²) < 4.78 is 19.5. The van der Waals surface area contributed by atoms with E-state index in [0.29, 0.717) is 16.9 Å². The number of hydrogen-bond donors (Lipinski definition) is 3. The van der Waals surface area contributed by atoms with Crippen LogP contribution in [0.2, 0.25) is 0 Å². The van der Waals surface area contributed by atoms with Crippen molar-refractivity contribution in [2.24, 2.45) is 0 Å². The van der Waals surface area contributed by atoms with Crippen LogP contribution in [0.4, 0.5) is 9.18 Å². The van der Waals surface area contributed by atoms with E-state index in [9.17, 15) is 18.8 Å². The maximum atomic E-state index is 14.2. The molecule has 0 radical (unpaired) electrons. The van der Waals surface area contributed by atoms with Gasteiger partial charge in [0.25, 0.3) is 5.91 Å². The van der Waals surface area contributed by atoms with Crippen molar-refractivity contribution in [1.82, 2.24) is 26.1 Å². The van der Waals surface area contributed by atoms with Crippen LogP contribution in [0, 0.1) is 5.82 Å². The van der Waals surface area contributed by atoms with Gasteiger partial charge < -0.3 is 10.1 Å². The number of benzene rings is 1. The zero-order chi connectivity index (χ0) is 25.0. The van der Waals surface area contributed by atoms with Gasteiger partial charge in [0.15, 0.2) is 0 Å². The average molecular weight is 468 g/mol. The Labute approximate surface area is 196 Å². The van der Waals surface area contributed by atoms with Gasteiger partial charge in [0, 0.05) is 24.1 Å². The van der Waals surface area contributed by atoms with Crippen molar-refractivity contribution >= 4 is 28.8 Å². The fourth-order valence-corrected chi connectivity index (χ4v) is 3.33. The predicted octanol–water partition coefficient (Wildman–Crippen LogP) is 3.80. The Kier molecular flexibility index (Phi) is 7.09. The van der Waals surface area contributed by atoms with Gasteiger partial charge in [-0.05, 0) is 58.0 Å². The summed E-state index contributed by atoms with van der Waals surface area (Å²) in [7, 11) is 0. The third-order valence-electron chi connectivity index (χ3n) is 4.62. The number of nitrogens with one attached hydrogen (secondary N) is 3. The molecule has 0 aliphatic carbocycles. The number of hydrogen-bond acceptors (Lipinski definition) is 6. The number of nitrogens with zero attached hydrogens (tertiary/aromatic N) is 2. The zero-order valence-electron chi connectivity index (χ0n) is 19.5. The number of carbonyl (C=O) groups is 3. The summed E-state index contributed by atoms with van der Waals surface area (Å²) in [4.78, 5) is 46.1. The van der Waals surface area contributed by atoms with Crippen LogP contribution in [-0.4, -0.2) is 33.5 Å². The molecule has 2 aromatic heterocycles. The van der Waals surface area contributed by atoms with Crippen LogP contribution in [0.1, 0.15) is 56.7 Å². The number of fused-ring (bicyclic) bond motifs is 1.